The van der Waals surface area contributed by atoms with Crippen molar-refractivity contribution in [1.29, 1.82) is 0 Å². The van der Waals surface area contributed by atoms with E-state index in [1.54, 1.807) is 11.8 Å². The SMILES string of the molecule is CC1CCCCC1OCCSc1ccccn1. The molecule has 0 radical (unpaired) electrons. The molecule has 1 aromatic rings. The van der Waals surface area contributed by atoms with Crippen LogP contribution in [0.5, 0.6) is 0 Å². The van der Waals surface area contributed by atoms with Crippen molar-refractivity contribution in [3.8, 4) is 0 Å². The molecule has 0 aliphatic heterocycles. The summed E-state index contributed by atoms with van der Waals surface area (Å²) >= 11 is 1.77. The maximum Gasteiger partial charge on any atom is 0.0960 e. The van der Waals surface area contributed by atoms with Gasteiger partial charge in [-0.1, -0.05) is 25.8 Å². The quantitative estimate of drug-likeness (QED) is 0.587. The fourth-order valence-corrected chi connectivity index (χ4v) is 3.01. The van der Waals surface area contributed by atoms with Gasteiger partial charge in [0.2, 0.25) is 0 Å². The van der Waals surface area contributed by atoms with E-state index in [1.165, 1.54) is 25.7 Å². The Labute approximate surface area is 108 Å². The van der Waals surface area contributed by atoms with Gasteiger partial charge in [-0.2, -0.15) is 0 Å². The summed E-state index contributed by atoms with van der Waals surface area (Å²) in [6.45, 7) is 3.16. The first-order valence-corrected chi connectivity index (χ1v) is 7.50. The van der Waals surface area contributed by atoms with Gasteiger partial charge in [-0.25, -0.2) is 4.98 Å². The van der Waals surface area contributed by atoms with Gasteiger partial charge in [-0.05, 0) is 30.9 Å². The van der Waals surface area contributed by atoms with E-state index in [4.69, 9.17) is 4.74 Å². The van der Waals surface area contributed by atoms with Crippen molar-refractivity contribution in [2.24, 2.45) is 5.92 Å². The summed E-state index contributed by atoms with van der Waals surface area (Å²) in [4.78, 5) is 4.29. The third kappa shape index (κ3) is 4.32. The van der Waals surface area contributed by atoms with Crippen LogP contribution in [0.1, 0.15) is 32.6 Å². The van der Waals surface area contributed by atoms with E-state index in [1.807, 2.05) is 24.4 Å². The van der Waals surface area contributed by atoms with Crippen LogP contribution >= 0.6 is 11.8 Å². The van der Waals surface area contributed by atoms with E-state index in [0.29, 0.717) is 6.10 Å². The molecule has 0 spiro atoms. The second-order valence-electron chi connectivity index (χ2n) is 4.69. The van der Waals surface area contributed by atoms with Crippen molar-refractivity contribution in [3.63, 3.8) is 0 Å². The molecule has 1 fully saturated rings. The highest BCUT2D eigenvalue weighted by Gasteiger charge is 2.21. The molecule has 0 N–H and O–H groups in total. The number of rotatable bonds is 5. The average Bonchev–Trinajstić information content (AvgIpc) is 2.38. The van der Waals surface area contributed by atoms with Crippen LogP contribution in [-0.2, 0) is 4.74 Å². The predicted molar refractivity (Wildman–Crippen MR) is 72.3 cm³/mol. The van der Waals surface area contributed by atoms with Crippen LogP contribution in [0.15, 0.2) is 29.4 Å². The predicted octanol–water partition coefficient (Wildman–Crippen LogP) is 3.77. The van der Waals surface area contributed by atoms with Gasteiger partial charge < -0.3 is 4.74 Å². The highest BCUT2D eigenvalue weighted by molar-refractivity contribution is 7.99. The van der Waals surface area contributed by atoms with Crippen molar-refractivity contribution in [2.75, 3.05) is 12.4 Å². The Kier molecular flexibility index (Phi) is 5.33. The molecule has 2 rings (SSSR count). The Morgan fingerprint density at radius 2 is 2.24 bits per heavy atom. The lowest BCUT2D eigenvalue weighted by Gasteiger charge is -2.28. The number of pyridine rings is 1. The molecule has 0 bridgehead atoms. The van der Waals surface area contributed by atoms with E-state index in [-0.39, 0.29) is 0 Å². The minimum Gasteiger partial charge on any atom is -0.377 e. The van der Waals surface area contributed by atoms with Crippen LogP contribution in [0, 0.1) is 5.92 Å². The number of nitrogens with zero attached hydrogens (tertiary/aromatic N) is 1. The molecule has 2 atom stereocenters. The average molecular weight is 251 g/mol. The van der Waals surface area contributed by atoms with Crippen LogP contribution in [0.4, 0.5) is 0 Å². The van der Waals surface area contributed by atoms with Gasteiger partial charge in [0.25, 0.3) is 0 Å². The van der Waals surface area contributed by atoms with E-state index in [0.717, 1.165) is 23.3 Å². The number of thioether (sulfide) groups is 1. The Morgan fingerprint density at radius 3 is 3.00 bits per heavy atom. The van der Waals surface area contributed by atoms with Crippen molar-refractivity contribution >= 4 is 11.8 Å². The topological polar surface area (TPSA) is 22.1 Å². The van der Waals surface area contributed by atoms with Crippen LogP contribution < -0.4 is 0 Å². The Hall–Kier alpha value is -0.540. The van der Waals surface area contributed by atoms with Crippen molar-refractivity contribution in [2.45, 2.75) is 43.7 Å². The number of aromatic nitrogens is 1. The fraction of sp³-hybridized carbons (Fsp3) is 0.643. The molecule has 0 amide bonds. The summed E-state index contributed by atoms with van der Waals surface area (Å²) in [5, 5.41) is 1.09. The first-order chi connectivity index (χ1) is 8.36. The third-order valence-corrected chi connectivity index (χ3v) is 4.24. The minimum absolute atomic E-state index is 0.494. The second-order valence-corrected chi connectivity index (χ2v) is 5.80. The van der Waals surface area contributed by atoms with Crippen molar-refractivity contribution in [1.82, 2.24) is 4.98 Å². The highest BCUT2D eigenvalue weighted by atomic mass is 32.2. The van der Waals surface area contributed by atoms with E-state index < -0.39 is 0 Å². The lowest BCUT2D eigenvalue weighted by atomic mass is 9.88. The third-order valence-electron chi connectivity index (χ3n) is 3.34. The van der Waals surface area contributed by atoms with Gasteiger partial charge in [0, 0.05) is 11.9 Å². The summed E-state index contributed by atoms with van der Waals surface area (Å²) < 4.78 is 5.97. The summed E-state index contributed by atoms with van der Waals surface area (Å²) in [6.07, 6.45) is 7.62. The minimum atomic E-state index is 0.494. The van der Waals surface area contributed by atoms with Gasteiger partial charge in [0.1, 0.15) is 0 Å². The maximum atomic E-state index is 5.97. The lowest BCUT2D eigenvalue weighted by Crippen LogP contribution is -2.26. The number of hydrogen-bond acceptors (Lipinski definition) is 3. The largest absolute Gasteiger partial charge is 0.377 e. The van der Waals surface area contributed by atoms with Crippen LogP contribution in [0.25, 0.3) is 0 Å². The molecule has 1 heterocycles. The second kappa shape index (κ2) is 7.02. The number of hydrogen-bond donors (Lipinski definition) is 0. The summed E-state index contributed by atoms with van der Waals surface area (Å²) in [5.74, 6) is 1.74. The van der Waals surface area contributed by atoms with Gasteiger partial charge in [0.15, 0.2) is 0 Å². The summed E-state index contributed by atoms with van der Waals surface area (Å²) in [7, 11) is 0. The Balaban J connectivity index is 1.63. The van der Waals surface area contributed by atoms with Crippen LogP contribution in [0.2, 0.25) is 0 Å². The van der Waals surface area contributed by atoms with Gasteiger partial charge in [-0.15, -0.1) is 11.8 Å². The molecule has 2 unspecified atom stereocenters. The molecule has 1 saturated carbocycles. The monoisotopic (exact) mass is 251 g/mol. The summed E-state index contributed by atoms with van der Waals surface area (Å²) in [6, 6.07) is 6.03. The fourth-order valence-electron chi connectivity index (χ4n) is 2.31. The molecule has 1 aliphatic rings. The van der Waals surface area contributed by atoms with E-state index in [2.05, 4.69) is 11.9 Å². The van der Waals surface area contributed by atoms with Crippen molar-refractivity contribution in [3.05, 3.63) is 24.4 Å². The molecular weight excluding hydrogens is 230 g/mol. The smallest absolute Gasteiger partial charge is 0.0960 e. The van der Waals surface area contributed by atoms with Gasteiger partial charge >= 0.3 is 0 Å². The molecule has 1 aromatic heterocycles. The molecule has 17 heavy (non-hydrogen) atoms. The van der Waals surface area contributed by atoms with E-state index >= 15 is 0 Å². The normalized spacial score (nSPS) is 24.8. The zero-order valence-corrected chi connectivity index (χ0v) is 11.3. The zero-order chi connectivity index (χ0) is 11.9. The summed E-state index contributed by atoms with van der Waals surface area (Å²) in [5.41, 5.74) is 0. The van der Waals surface area contributed by atoms with Crippen molar-refractivity contribution < 1.29 is 4.74 Å². The first-order valence-electron chi connectivity index (χ1n) is 6.51. The molecule has 0 saturated heterocycles. The van der Waals surface area contributed by atoms with Gasteiger partial charge in [-0.3, -0.25) is 0 Å². The lowest BCUT2D eigenvalue weighted by molar-refractivity contribution is 0.00346. The molecule has 94 valence electrons. The van der Waals surface area contributed by atoms with Crippen LogP contribution in [0.3, 0.4) is 0 Å². The number of ether oxygens (including phenoxy) is 1. The Bertz CT molecular complexity index is 317. The first kappa shape index (κ1) is 12.9. The maximum absolute atomic E-state index is 5.97. The molecule has 0 aromatic carbocycles. The molecular formula is C14H21NOS. The zero-order valence-electron chi connectivity index (χ0n) is 10.5. The van der Waals surface area contributed by atoms with Crippen LogP contribution in [-0.4, -0.2) is 23.4 Å². The Morgan fingerprint density at radius 1 is 1.35 bits per heavy atom. The molecule has 3 heteroatoms. The molecule has 1 aliphatic carbocycles. The standard InChI is InChI=1S/C14H21NOS/c1-12-6-2-3-7-13(12)16-10-11-17-14-8-4-5-9-15-14/h4-5,8-9,12-13H,2-3,6-7,10-11H2,1H3. The highest BCUT2D eigenvalue weighted by Crippen LogP contribution is 2.26. The van der Waals surface area contributed by atoms with E-state index in [9.17, 15) is 0 Å². The van der Waals surface area contributed by atoms with Gasteiger partial charge in [0.05, 0.1) is 17.7 Å². The molecule has 2 nitrogen and oxygen atoms in total.